The normalized spacial score (nSPS) is 16.1. The first-order chi connectivity index (χ1) is 17.9. The third-order valence-electron chi connectivity index (χ3n) is 7.15. The maximum Gasteiger partial charge on any atom is 0.303 e. The van der Waals surface area contributed by atoms with E-state index in [1.54, 1.807) is 10.9 Å². The number of anilines is 1. The molecular formula is C28H27FN6O2. The molecule has 37 heavy (non-hydrogen) atoms. The molecule has 0 spiro atoms. The molecule has 0 amide bonds. The van der Waals surface area contributed by atoms with E-state index in [2.05, 4.69) is 10.00 Å². The number of aryl methyl sites for hydroxylation is 2. The fourth-order valence-corrected chi connectivity index (χ4v) is 5.50. The molecule has 1 aliphatic heterocycles. The van der Waals surface area contributed by atoms with Crippen LogP contribution in [0.3, 0.4) is 0 Å². The van der Waals surface area contributed by atoms with Gasteiger partial charge in [-0.1, -0.05) is 18.2 Å². The number of carboxylic acids is 1. The fourth-order valence-electron chi connectivity index (χ4n) is 5.50. The zero-order chi connectivity index (χ0) is 25.7. The molecule has 3 aromatic heterocycles. The Bertz CT molecular complexity index is 1640. The number of halogens is 1. The molecule has 8 nitrogen and oxygen atoms in total. The highest BCUT2D eigenvalue weighted by atomic mass is 19.1. The molecule has 0 aliphatic carbocycles. The molecule has 1 fully saturated rings. The number of hydrogen-bond donors (Lipinski definition) is 1. The molecule has 0 saturated carbocycles. The Labute approximate surface area is 213 Å². The van der Waals surface area contributed by atoms with Gasteiger partial charge in [0.15, 0.2) is 0 Å². The van der Waals surface area contributed by atoms with Crippen LogP contribution < -0.4 is 4.90 Å². The SMILES string of the molecule is Cc1cccc2c(-c3cc(F)cc4nn(C)cc34)nn(-c3ccc(N4CCCC(CC(=O)O)C4)nc3)c12. The highest BCUT2D eigenvalue weighted by Crippen LogP contribution is 2.36. The highest BCUT2D eigenvalue weighted by Gasteiger charge is 2.24. The van der Waals surface area contributed by atoms with Crippen molar-refractivity contribution < 1.29 is 14.3 Å². The lowest BCUT2D eigenvalue weighted by atomic mass is 9.95. The first-order valence-corrected chi connectivity index (χ1v) is 12.4. The topological polar surface area (TPSA) is 89.1 Å². The number of piperidine rings is 1. The maximum absolute atomic E-state index is 14.6. The number of aliphatic carboxylic acids is 1. The number of carbonyl (C=O) groups is 1. The summed E-state index contributed by atoms with van der Waals surface area (Å²) in [6, 6.07) is 12.9. The van der Waals surface area contributed by atoms with Crippen LogP contribution in [0.2, 0.25) is 0 Å². The summed E-state index contributed by atoms with van der Waals surface area (Å²) in [5, 5.41) is 20.3. The number of para-hydroxylation sites is 1. The zero-order valence-electron chi connectivity index (χ0n) is 20.7. The van der Waals surface area contributed by atoms with Crippen molar-refractivity contribution in [2.45, 2.75) is 26.2 Å². The first-order valence-electron chi connectivity index (χ1n) is 12.4. The average Bonchev–Trinajstić information content (AvgIpc) is 3.44. The van der Waals surface area contributed by atoms with Gasteiger partial charge >= 0.3 is 5.97 Å². The summed E-state index contributed by atoms with van der Waals surface area (Å²) in [5.74, 6) is -0.155. The Kier molecular flexibility index (Phi) is 5.62. The quantitative estimate of drug-likeness (QED) is 0.362. The summed E-state index contributed by atoms with van der Waals surface area (Å²) in [4.78, 5) is 18.1. The lowest BCUT2D eigenvalue weighted by Crippen LogP contribution is -2.36. The van der Waals surface area contributed by atoms with Gasteiger partial charge in [0.1, 0.15) is 17.3 Å². The monoisotopic (exact) mass is 498 g/mol. The first kappa shape index (κ1) is 23.1. The average molecular weight is 499 g/mol. The van der Waals surface area contributed by atoms with Crippen molar-refractivity contribution in [3.05, 3.63) is 66.2 Å². The summed E-state index contributed by atoms with van der Waals surface area (Å²) >= 11 is 0. The van der Waals surface area contributed by atoms with Crippen LogP contribution in [0.1, 0.15) is 24.8 Å². The van der Waals surface area contributed by atoms with Crippen LogP contribution in [-0.2, 0) is 11.8 Å². The second-order valence-electron chi connectivity index (χ2n) is 9.85. The van der Waals surface area contributed by atoms with Gasteiger partial charge in [-0.2, -0.15) is 10.2 Å². The van der Waals surface area contributed by atoms with Crippen LogP contribution in [0.5, 0.6) is 0 Å². The molecule has 1 N–H and O–H groups in total. The number of pyridine rings is 1. The highest BCUT2D eigenvalue weighted by molar-refractivity contribution is 6.03. The number of carboxylic acid groups (broad SMARTS) is 1. The summed E-state index contributed by atoms with van der Waals surface area (Å²) in [6.07, 6.45) is 5.73. The summed E-state index contributed by atoms with van der Waals surface area (Å²) in [7, 11) is 1.82. The van der Waals surface area contributed by atoms with Crippen molar-refractivity contribution in [2.75, 3.05) is 18.0 Å². The molecule has 5 aromatic rings. The third-order valence-corrected chi connectivity index (χ3v) is 7.15. The van der Waals surface area contributed by atoms with E-state index in [1.165, 1.54) is 12.1 Å². The molecule has 1 unspecified atom stereocenters. The third kappa shape index (κ3) is 4.20. The standard InChI is InChI=1S/C28H27FN6O2/c1-17-5-3-7-21-27(22-12-19(29)13-24-23(22)16-33(2)31-24)32-35(28(17)21)20-8-9-25(30-14-20)34-10-4-6-18(15-34)11-26(36)37/h3,5,7-9,12-14,16,18H,4,6,10-11,15H2,1-2H3,(H,36,37). The fraction of sp³-hybridized carbons (Fsp3) is 0.286. The smallest absolute Gasteiger partial charge is 0.303 e. The van der Waals surface area contributed by atoms with Crippen molar-refractivity contribution in [2.24, 2.45) is 13.0 Å². The van der Waals surface area contributed by atoms with Crippen molar-refractivity contribution in [3.8, 4) is 16.9 Å². The summed E-state index contributed by atoms with van der Waals surface area (Å²) in [6.45, 7) is 3.58. The molecule has 9 heteroatoms. The molecule has 1 aliphatic rings. The lowest BCUT2D eigenvalue weighted by molar-refractivity contribution is -0.138. The van der Waals surface area contributed by atoms with Crippen LogP contribution in [0.4, 0.5) is 10.2 Å². The number of benzene rings is 2. The Morgan fingerprint density at radius 2 is 2.03 bits per heavy atom. The molecule has 0 radical (unpaired) electrons. The zero-order valence-corrected chi connectivity index (χ0v) is 20.7. The van der Waals surface area contributed by atoms with E-state index < -0.39 is 5.97 Å². The van der Waals surface area contributed by atoms with Gasteiger partial charge in [0.25, 0.3) is 0 Å². The Morgan fingerprint density at radius 3 is 2.81 bits per heavy atom. The van der Waals surface area contributed by atoms with E-state index >= 15 is 0 Å². The number of aromatic nitrogens is 5. The Balaban J connectivity index is 1.42. The van der Waals surface area contributed by atoms with Gasteiger partial charge < -0.3 is 10.0 Å². The predicted molar refractivity (Wildman–Crippen MR) is 140 cm³/mol. The molecule has 188 valence electrons. The van der Waals surface area contributed by atoms with Crippen molar-refractivity contribution >= 4 is 33.6 Å². The van der Waals surface area contributed by atoms with Crippen molar-refractivity contribution in [1.82, 2.24) is 24.5 Å². The van der Waals surface area contributed by atoms with Crippen LogP contribution >= 0.6 is 0 Å². The number of nitrogens with zero attached hydrogens (tertiary/aromatic N) is 6. The number of hydrogen-bond acceptors (Lipinski definition) is 5. The van der Waals surface area contributed by atoms with Gasteiger partial charge in [0, 0.05) is 55.2 Å². The molecule has 2 aromatic carbocycles. The van der Waals surface area contributed by atoms with Gasteiger partial charge in [-0.3, -0.25) is 9.48 Å². The van der Waals surface area contributed by atoms with Gasteiger partial charge in [0.2, 0.25) is 0 Å². The van der Waals surface area contributed by atoms with Crippen LogP contribution in [0.15, 0.2) is 54.9 Å². The second-order valence-corrected chi connectivity index (χ2v) is 9.85. The van der Waals surface area contributed by atoms with Crippen LogP contribution in [-0.4, -0.2) is 48.7 Å². The molecule has 1 saturated heterocycles. The predicted octanol–water partition coefficient (Wildman–Crippen LogP) is 5.11. The molecule has 4 heterocycles. The van der Waals surface area contributed by atoms with Gasteiger partial charge in [-0.25, -0.2) is 14.1 Å². The number of fused-ring (bicyclic) bond motifs is 2. The molecule has 1 atom stereocenters. The van der Waals surface area contributed by atoms with E-state index in [-0.39, 0.29) is 18.2 Å². The summed E-state index contributed by atoms with van der Waals surface area (Å²) in [5.41, 5.74) is 4.75. The molecule has 6 rings (SSSR count). The minimum absolute atomic E-state index is 0.128. The second kappa shape index (κ2) is 8.99. The molecule has 0 bridgehead atoms. The van der Waals surface area contributed by atoms with E-state index in [0.29, 0.717) is 23.3 Å². The van der Waals surface area contributed by atoms with Gasteiger partial charge in [-0.15, -0.1) is 0 Å². The van der Waals surface area contributed by atoms with E-state index in [0.717, 1.165) is 52.7 Å². The van der Waals surface area contributed by atoms with Gasteiger partial charge in [-0.05, 0) is 49.4 Å². The Hall–Kier alpha value is -4.27. The minimum Gasteiger partial charge on any atom is -0.481 e. The largest absolute Gasteiger partial charge is 0.481 e. The van der Waals surface area contributed by atoms with E-state index in [1.807, 2.05) is 55.2 Å². The minimum atomic E-state index is -0.756. The summed E-state index contributed by atoms with van der Waals surface area (Å²) < 4.78 is 18.1. The number of rotatable bonds is 5. The van der Waals surface area contributed by atoms with Crippen molar-refractivity contribution in [1.29, 1.82) is 0 Å². The Morgan fingerprint density at radius 1 is 1.16 bits per heavy atom. The van der Waals surface area contributed by atoms with Crippen molar-refractivity contribution in [3.63, 3.8) is 0 Å². The molecular weight excluding hydrogens is 471 g/mol. The lowest BCUT2D eigenvalue weighted by Gasteiger charge is -2.33. The van der Waals surface area contributed by atoms with E-state index in [4.69, 9.17) is 10.1 Å². The van der Waals surface area contributed by atoms with Crippen LogP contribution in [0.25, 0.3) is 38.8 Å². The van der Waals surface area contributed by atoms with E-state index in [9.17, 15) is 14.3 Å². The van der Waals surface area contributed by atoms with Crippen LogP contribution in [0, 0.1) is 18.7 Å². The van der Waals surface area contributed by atoms with Gasteiger partial charge in [0.05, 0.1) is 22.9 Å². The maximum atomic E-state index is 14.6.